The summed E-state index contributed by atoms with van der Waals surface area (Å²) in [5.74, 6) is -1.02. The van der Waals surface area contributed by atoms with Crippen LogP contribution < -0.4 is 24.4 Å². The lowest BCUT2D eigenvalue weighted by Crippen LogP contribution is -2.40. The van der Waals surface area contributed by atoms with Crippen LogP contribution in [-0.4, -0.2) is 41.9 Å². The highest BCUT2D eigenvalue weighted by molar-refractivity contribution is 14.1. The number of halogens is 1. The first-order valence-electron chi connectivity index (χ1n) is 12.9. The van der Waals surface area contributed by atoms with Crippen molar-refractivity contribution in [2.24, 2.45) is 4.99 Å². The molecule has 1 aliphatic rings. The molecule has 1 aliphatic heterocycles. The van der Waals surface area contributed by atoms with Crippen LogP contribution in [-0.2, 0) is 14.3 Å². The van der Waals surface area contributed by atoms with Gasteiger partial charge in [-0.05, 0) is 58.9 Å². The van der Waals surface area contributed by atoms with Crippen LogP contribution in [0.2, 0.25) is 0 Å². The second-order valence-electron chi connectivity index (χ2n) is 9.06. The van der Waals surface area contributed by atoms with Crippen molar-refractivity contribution in [2.45, 2.75) is 13.0 Å². The third-order valence-corrected chi connectivity index (χ3v) is 8.16. The van der Waals surface area contributed by atoms with Gasteiger partial charge in [0.25, 0.3) is 5.56 Å². The number of carboxylic acids is 1. The van der Waals surface area contributed by atoms with Crippen molar-refractivity contribution in [2.75, 3.05) is 20.3 Å². The Bertz CT molecular complexity index is 1860. The van der Waals surface area contributed by atoms with E-state index in [0.29, 0.717) is 35.7 Å². The molecule has 11 heteroatoms. The molecule has 1 aromatic heterocycles. The van der Waals surface area contributed by atoms with Gasteiger partial charge < -0.3 is 19.3 Å². The van der Waals surface area contributed by atoms with E-state index in [1.807, 2.05) is 83.3 Å². The summed E-state index contributed by atoms with van der Waals surface area (Å²) in [6, 6.07) is 21.4. The average molecular weight is 697 g/mol. The molecular formula is C31H25IN2O7S. The van der Waals surface area contributed by atoms with E-state index in [-0.39, 0.29) is 17.7 Å². The summed E-state index contributed by atoms with van der Waals surface area (Å²) in [4.78, 5) is 43.8. The van der Waals surface area contributed by atoms with Crippen LogP contribution in [0.4, 0.5) is 0 Å². The molecule has 2 heterocycles. The van der Waals surface area contributed by atoms with Gasteiger partial charge in [0.15, 0.2) is 22.9 Å². The number of rotatable bonds is 9. The highest BCUT2D eigenvalue weighted by Gasteiger charge is 2.35. The molecular weight excluding hydrogens is 671 g/mol. The predicted molar refractivity (Wildman–Crippen MR) is 166 cm³/mol. The monoisotopic (exact) mass is 696 g/mol. The van der Waals surface area contributed by atoms with Crippen LogP contribution in [0, 0.1) is 3.57 Å². The van der Waals surface area contributed by atoms with Crippen LogP contribution in [0.15, 0.2) is 88.2 Å². The maximum atomic E-state index is 14.0. The summed E-state index contributed by atoms with van der Waals surface area (Å²) >= 11 is 3.24. The van der Waals surface area contributed by atoms with E-state index in [1.165, 1.54) is 23.0 Å². The molecule has 214 valence electrons. The normalized spacial score (nSPS) is 14.6. The number of aliphatic carboxylic acids is 1. The molecule has 9 nitrogen and oxygen atoms in total. The summed E-state index contributed by atoms with van der Waals surface area (Å²) in [5, 5.41) is 9.02. The molecule has 3 aromatic carbocycles. The number of carboxylic acid groups (broad SMARTS) is 1. The minimum atomic E-state index is -1.11. The number of fused-ring (bicyclic) bond motifs is 1. The van der Waals surface area contributed by atoms with Gasteiger partial charge in [0.1, 0.15) is 0 Å². The molecule has 0 amide bonds. The second kappa shape index (κ2) is 12.7. The lowest BCUT2D eigenvalue weighted by atomic mass is 9.93. The van der Waals surface area contributed by atoms with E-state index in [2.05, 4.69) is 0 Å². The van der Waals surface area contributed by atoms with E-state index in [4.69, 9.17) is 24.3 Å². The maximum Gasteiger partial charge on any atom is 0.341 e. The molecule has 4 aromatic rings. The number of benzene rings is 3. The summed E-state index contributed by atoms with van der Waals surface area (Å²) in [5.41, 5.74) is 2.54. The fourth-order valence-electron chi connectivity index (χ4n) is 4.64. The van der Waals surface area contributed by atoms with Crippen molar-refractivity contribution in [1.82, 2.24) is 4.57 Å². The van der Waals surface area contributed by atoms with Gasteiger partial charge in [0, 0.05) is 5.56 Å². The molecule has 0 saturated heterocycles. The van der Waals surface area contributed by atoms with Crippen LogP contribution in [0.25, 0.3) is 11.8 Å². The predicted octanol–water partition coefficient (Wildman–Crippen LogP) is 4.01. The SMILES string of the molecule is CCOC(=O)C1=C(c2ccccc2)N=c2s/c(=C\c3cc(I)c(OCC(=O)O)c(OC)c3)c(=O)n2[C@H]1c1ccccc1. The van der Waals surface area contributed by atoms with Gasteiger partial charge in [-0.15, -0.1) is 0 Å². The van der Waals surface area contributed by atoms with Crippen molar-refractivity contribution in [1.29, 1.82) is 0 Å². The minimum absolute atomic E-state index is 0.170. The van der Waals surface area contributed by atoms with Crippen molar-refractivity contribution in [3.8, 4) is 11.5 Å². The molecule has 5 rings (SSSR count). The fourth-order valence-corrected chi connectivity index (χ4v) is 6.42. The standard InChI is InChI=1S/C31H25IN2O7S/c1-3-40-30(38)25-26(19-10-6-4-7-11-19)33-31-34(27(25)20-12-8-5-9-13-20)29(37)23(42-31)16-18-14-21(32)28(22(15-18)39-2)41-17-24(35)36/h4-16,27H,3,17H2,1-2H3,(H,35,36)/b23-16-/t27-/m0/s1. The Kier molecular flexibility index (Phi) is 8.88. The summed E-state index contributed by atoms with van der Waals surface area (Å²) in [6.45, 7) is 1.39. The quantitative estimate of drug-likeness (QED) is 0.208. The number of thiazole rings is 1. The summed E-state index contributed by atoms with van der Waals surface area (Å²) < 4.78 is 18.9. The molecule has 0 saturated carbocycles. The average Bonchev–Trinajstić information content (AvgIpc) is 3.30. The van der Waals surface area contributed by atoms with E-state index < -0.39 is 24.6 Å². The second-order valence-corrected chi connectivity index (χ2v) is 11.2. The molecule has 0 spiro atoms. The number of esters is 1. The number of ether oxygens (including phenoxy) is 3. The van der Waals surface area contributed by atoms with E-state index in [9.17, 15) is 14.4 Å². The summed E-state index contributed by atoms with van der Waals surface area (Å²) in [6.07, 6.45) is 1.72. The van der Waals surface area contributed by atoms with Crippen molar-refractivity contribution < 1.29 is 28.9 Å². The van der Waals surface area contributed by atoms with Gasteiger partial charge in [-0.3, -0.25) is 9.36 Å². The number of hydrogen-bond acceptors (Lipinski definition) is 8. The first kappa shape index (κ1) is 29.3. The van der Waals surface area contributed by atoms with Gasteiger partial charge in [-0.25, -0.2) is 14.6 Å². The zero-order valence-corrected chi connectivity index (χ0v) is 25.5. The Morgan fingerprint density at radius 2 is 1.79 bits per heavy atom. The molecule has 1 atom stereocenters. The first-order valence-corrected chi connectivity index (χ1v) is 14.8. The van der Waals surface area contributed by atoms with Crippen LogP contribution in [0.1, 0.15) is 29.7 Å². The lowest BCUT2D eigenvalue weighted by molar-refractivity contribution is -0.140. The molecule has 42 heavy (non-hydrogen) atoms. The van der Waals surface area contributed by atoms with Gasteiger partial charge >= 0.3 is 11.9 Å². The highest BCUT2D eigenvalue weighted by atomic mass is 127. The molecule has 1 N–H and O–H groups in total. The van der Waals surface area contributed by atoms with E-state index >= 15 is 0 Å². The largest absolute Gasteiger partial charge is 0.493 e. The topological polar surface area (TPSA) is 116 Å². The Labute approximate surface area is 258 Å². The maximum absolute atomic E-state index is 14.0. The number of methoxy groups -OCH3 is 1. The number of carbonyl (C=O) groups excluding carboxylic acids is 1. The minimum Gasteiger partial charge on any atom is -0.493 e. The Morgan fingerprint density at radius 3 is 2.43 bits per heavy atom. The first-order chi connectivity index (χ1) is 20.3. The van der Waals surface area contributed by atoms with E-state index in [1.54, 1.807) is 25.1 Å². The van der Waals surface area contributed by atoms with E-state index in [0.717, 1.165) is 11.1 Å². The zero-order valence-electron chi connectivity index (χ0n) is 22.6. The Morgan fingerprint density at radius 1 is 1.10 bits per heavy atom. The fraction of sp³-hybridized carbons (Fsp3) is 0.161. The smallest absolute Gasteiger partial charge is 0.341 e. The molecule has 0 unspecified atom stereocenters. The molecule has 0 fully saturated rings. The van der Waals surface area contributed by atoms with Crippen LogP contribution in [0.3, 0.4) is 0 Å². The zero-order chi connectivity index (χ0) is 29.8. The van der Waals surface area contributed by atoms with Gasteiger partial charge in [0.05, 0.1) is 39.1 Å². The van der Waals surface area contributed by atoms with Crippen molar-refractivity contribution >= 4 is 57.6 Å². The van der Waals surface area contributed by atoms with Gasteiger partial charge in [-0.2, -0.15) is 0 Å². The van der Waals surface area contributed by atoms with Crippen LogP contribution in [0.5, 0.6) is 11.5 Å². The number of hydrogen-bond donors (Lipinski definition) is 1. The van der Waals surface area contributed by atoms with Crippen molar-refractivity contribution in [3.05, 3.63) is 118 Å². The molecule has 0 radical (unpaired) electrons. The third kappa shape index (κ3) is 5.88. The highest BCUT2D eigenvalue weighted by Crippen LogP contribution is 2.36. The number of aromatic nitrogens is 1. The number of carbonyl (C=O) groups is 2. The third-order valence-electron chi connectivity index (χ3n) is 6.38. The van der Waals surface area contributed by atoms with Gasteiger partial charge in [-0.1, -0.05) is 72.0 Å². The lowest BCUT2D eigenvalue weighted by Gasteiger charge is -2.25. The molecule has 0 bridgehead atoms. The number of nitrogens with zero attached hydrogens (tertiary/aromatic N) is 2. The van der Waals surface area contributed by atoms with Crippen LogP contribution >= 0.6 is 33.9 Å². The van der Waals surface area contributed by atoms with Gasteiger partial charge in [0.2, 0.25) is 0 Å². The Balaban J connectivity index is 1.74. The Hall–Kier alpha value is -4.23. The molecule has 0 aliphatic carbocycles. The van der Waals surface area contributed by atoms with Crippen molar-refractivity contribution in [3.63, 3.8) is 0 Å². The summed E-state index contributed by atoms with van der Waals surface area (Å²) in [7, 11) is 1.46.